The van der Waals surface area contributed by atoms with Crippen LogP contribution in [0.1, 0.15) is 62.5 Å². The summed E-state index contributed by atoms with van der Waals surface area (Å²) in [6.07, 6.45) is 4.57. The lowest BCUT2D eigenvalue weighted by Crippen LogP contribution is -2.50. The van der Waals surface area contributed by atoms with Gasteiger partial charge in [0.05, 0.1) is 5.01 Å². The molecule has 5 heteroatoms. The first-order chi connectivity index (χ1) is 10.4. The Morgan fingerprint density at radius 1 is 1.41 bits per heavy atom. The molecule has 0 aliphatic carbocycles. The molecule has 1 aliphatic heterocycles. The van der Waals surface area contributed by atoms with Crippen LogP contribution < -0.4 is 5.32 Å². The van der Waals surface area contributed by atoms with Gasteiger partial charge in [-0.25, -0.2) is 4.98 Å². The third-order valence-electron chi connectivity index (χ3n) is 4.24. The van der Waals surface area contributed by atoms with Crippen LogP contribution >= 0.6 is 11.3 Å². The number of likely N-dealkylation sites (tertiary alicyclic amines) is 1. The fourth-order valence-electron chi connectivity index (χ4n) is 2.74. The zero-order chi connectivity index (χ0) is 16.2. The summed E-state index contributed by atoms with van der Waals surface area (Å²) in [6.45, 7) is 11.9. The number of hydrogen-bond acceptors (Lipinski definition) is 4. The van der Waals surface area contributed by atoms with Gasteiger partial charge in [-0.05, 0) is 44.2 Å². The van der Waals surface area contributed by atoms with E-state index in [-0.39, 0.29) is 17.4 Å². The van der Waals surface area contributed by atoms with Crippen molar-refractivity contribution in [2.24, 2.45) is 5.41 Å². The summed E-state index contributed by atoms with van der Waals surface area (Å²) in [5, 5.41) is 6.16. The van der Waals surface area contributed by atoms with Crippen LogP contribution in [-0.4, -0.2) is 41.5 Å². The molecule has 22 heavy (non-hydrogen) atoms. The third-order valence-corrected chi connectivity index (χ3v) is 5.15. The molecule has 2 heterocycles. The van der Waals surface area contributed by atoms with Crippen LogP contribution in [0.4, 0.5) is 0 Å². The molecule has 1 fully saturated rings. The number of carbonyl (C=O) groups excluding carboxylic acids is 1. The zero-order valence-electron chi connectivity index (χ0n) is 14.3. The molecule has 2 rings (SSSR count). The van der Waals surface area contributed by atoms with Crippen LogP contribution in [0.25, 0.3) is 0 Å². The van der Waals surface area contributed by atoms with Crippen LogP contribution in [0, 0.1) is 5.41 Å². The molecule has 124 valence electrons. The Kier molecular flexibility index (Phi) is 5.98. The summed E-state index contributed by atoms with van der Waals surface area (Å²) in [5.74, 6) is -0.0299. The van der Waals surface area contributed by atoms with Gasteiger partial charge in [0.1, 0.15) is 5.69 Å². The van der Waals surface area contributed by atoms with Gasteiger partial charge >= 0.3 is 0 Å². The van der Waals surface area contributed by atoms with Crippen LogP contribution in [-0.2, 0) is 6.42 Å². The van der Waals surface area contributed by atoms with Crippen molar-refractivity contribution in [2.75, 3.05) is 19.6 Å². The number of aromatic nitrogens is 1. The van der Waals surface area contributed by atoms with Crippen LogP contribution in [0.3, 0.4) is 0 Å². The average molecular weight is 324 g/mol. The fraction of sp³-hybridized carbons (Fsp3) is 0.765. The van der Waals surface area contributed by atoms with Gasteiger partial charge in [0, 0.05) is 18.0 Å². The molecule has 1 amide bonds. The maximum atomic E-state index is 12.5. The van der Waals surface area contributed by atoms with Crippen molar-refractivity contribution in [3.63, 3.8) is 0 Å². The minimum absolute atomic E-state index is 0.0299. The Hall–Kier alpha value is -0.940. The van der Waals surface area contributed by atoms with Gasteiger partial charge in [0.2, 0.25) is 0 Å². The second-order valence-corrected chi connectivity index (χ2v) is 8.22. The van der Waals surface area contributed by atoms with Crippen LogP contribution in [0.2, 0.25) is 0 Å². The standard InChI is InChI=1S/C17H29N3OS/c1-5-8-15-18-13(12-22-15)16(21)19-14(17(2,3)4)11-20-9-6-7-10-20/h12,14H,5-11H2,1-4H3,(H,19,21)/t14-/m1/s1. The van der Waals surface area contributed by atoms with Crippen molar-refractivity contribution in [3.05, 3.63) is 16.1 Å². The van der Waals surface area contributed by atoms with E-state index in [1.165, 1.54) is 12.8 Å². The lowest BCUT2D eigenvalue weighted by atomic mass is 9.86. The summed E-state index contributed by atoms with van der Waals surface area (Å²) < 4.78 is 0. The summed E-state index contributed by atoms with van der Waals surface area (Å²) in [5.41, 5.74) is 0.615. The monoisotopic (exact) mass is 323 g/mol. The lowest BCUT2D eigenvalue weighted by Gasteiger charge is -2.34. The van der Waals surface area contributed by atoms with E-state index >= 15 is 0 Å². The minimum Gasteiger partial charge on any atom is -0.346 e. The Balaban J connectivity index is 2.00. The molecular formula is C17H29N3OS. The molecule has 1 N–H and O–H groups in total. The van der Waals surface area contributed by atoms with E-state index < -0.39 is 0 Å². The summed E-state index contributed by atoms with van der Waals surface area (Å²) in [7, 11) is 0. The van der Waals surface area contributed by atoms with E-state index in [0.717, 1.165) is 37.5 Å². The quantitative estimate of drug-likeness (QED) is 0.873. The Labute approximate surface area is 138 Å². The summed E-state index contributed by atoms with van der Waals surface area (Å²) in [4.78, 5) is 19.4. The smallest absolute Gasteiger partial charge is 0.271 e. The molecule has 1 atom stereocenters. The van der Waals surface area contributed by atoms with Gasteiger partial charge in [-0.3, -0.25) is 4.79 Å². The number of hydrogen-bond donors (Lipinski definition) is 1. The predicted octanol–water partition coefficient (Wildman–Crippen LogP) is 3.34. The van der Waals surface area contributed by atoms with E-state index in [1.54, 1.807) is 11.3 Å². The number of nitrogens with zero attached hydrogens (tertiary/aromatic N) is 2. The predicted molar refractivity (Wildman–Crippen MR) is 92.5 cm³/mol. The first-order valence-corrected chi connectivity index (χ1v) is 9.25. The Morgan fingerprint density at radius 3 is 2.68 bits per heavy atom. The van der Waals surface area contributed by atoms with Crippen molar-refractivity contribution in [2.45, 2.75) is 59.4 Å². The van der Waals surface area contributed by atoms with Gasteiger partial charge in [-0.1, -0.05) is 27.7 Å². The van der Waals surface area contributed by atoms with Gasteiger partial charge < -0.3 is 10.2 Å². The van der Waals surface area contributed by atoms with Gasteiger partial charge in [0.25, 0.3) is 5.91 Å². The third kappa shape index (κ3) is 4.78. The van der Waals surface area contributed by atoms with E-state index in [9.17, 15) is 4.79 Å². The number of rotatable bonds is 6. The fourth-order valence-corrected chi connectivity index (χ4v) is 3.62. The van der Waals surface area contributed by atoms with Gasteiger partial charge in [-0.15, -0.1) is 11.3 Å². The summed E-state index contributed by atoms with van der Waals surface area (Å²) >= 11 is 1.59. The van der Waals surface area contributed by atoms with Gasteiger partial charge in [-0.2, -0.15) is 0 Å². The number of aryl methyl sites for hydroxylation is 1. The molecule has 0 radical (unpaired) electrons. The van der Waals surface area contributed by atoms with E-state index in [2.05, 4.69) is 42.9 Å². The van der Waals surface area contributed by atoms with Crippen molar-refractivity contribution in [1.29, 1.82) is 0 Å². The molecule has 0 unspecified atom stereocenters. The first kappa shape index (κ1) is 17.4. The van der Waals surface area contributed by atoms with Crippen molar-refractivity contribution in [3.8, 4) is 0 Å². The molecule has 1 aliphatic rings. The molecular weight excluding hydrogens is 294 g/mol. The topological polar surface area (TPSA) is 45.2 Å². The maximum absolute atomic E-state index is 12.5. The normalized spacial score (nSPS) is 17.6. The highest BCUT2D eigenvalue weighted by atomic mass is 32.1. The lowest BCUT2D eigenvalue weighted by molar-refractivity contribution is 0.0874. The molecule has 4 nitrogen and oxygen atoms in total. The zero-order valence-corrected chi connectivity index (χ0v) is 15.1. The SMILES string of the molecule is CCCc1nc(C(=O)N[C@H](CN2CCCC2)C(C)(C)C)cs1. The molecule has 1 aromatic rings. The highest BCUT2D eigenvalue weighted by Gasteiger charge is 2.29. The molecule has 1 aromatic heterocycles. The highest BCUT2D eigenvalue weighted by molar-refractivity contribution is 7.09. The van der Waals surface area contributed by atoms with E-state index in [0.29, 0.717) is 5.69 Å². The molecule has 1 saturated heterocycles. The molecule has 0 saturated carbocycles. The number of nitrogens with one attached hydrogen (secondary N) is 1. The minimum atomic E-state index is -0.0299. The van der Waals surface area contributed by atoms with Gasteiger partial charge in [0.15, 0.2) is 0 Å². The maximum Gasteiger partial charge on any atom is 0.271 e. The van der Waals surface area contributed by atoms with Crippen molar-refractivity contribution < 1.29 is 4.79 Å². The Bertz CT molecular complexity index is 486. The summed E-state index contributed by atoms with van der Waals surface area (Å²) in [6, 6.07) is 0.148. The average Bonchev–Trinajstić information content (AvgIpc) is 3.08. The van der Waals surface area contributed by atoms with Crippen LogP contribution in [0.15, 0.2) is 5.38 Å². The molecule has 0 bridgehead atoms. The van der Waals surface area contributed by atoms with Crippen molar-refractivity contribution >= 4 is 17.2 Å². The number of carbonyl (C=O) groups is 1. The first-order valence-electron chi connectivity index (χ1n) is 8.37. The van der Waals surface area contributed by atoms with E-state index in [1.807, 2.05) is 5.38 Å². The van der Waals surface area contributed by atoms with Crippen LogP contribution in [0.5, 0.6) is 0 Å². The number of amides is 1. The van der Waals surface area contributed by atoms with E-state index in [4.69, 9.17) is 0 Å². The second kappa shape index (κ2) is 7.55. The molecule has 0 spiro atoms. The number of thiazole rings is 1. The second-order valence-electron chi connectivity index (χ2n) is 7.28. The van der Waals surface area contributed by atoms with Crippen molar-refractivity contribution in [1.82, 2.24) is 15.2 Å². The Morgan fingerprint density at radius 2 is 2.09 bits per heavy atom. The highest BCUT2D eigenvalue weighted by Crippen LogP contribution is 2.22. The molecule has 0 aromatic carbocycles. The largest absolute Gasteiger partial charge is 0.346 e.